The average molecular weight is 256 g/mol. The maximum absolute atomic E-state index is 4.56. The second-order valence-electron chi connectivity index (χ2n) is 5.39. The fourth-order valence-corrected chi connectivity index (χ4v) is 2.82. The Kier molecular flexibility index (Phi) is 4.92. The number of nitrogens with zero attached hydrogens (tertiary/aromatic N) is 1. The van der Waals surface area contributed by atoms with Crippen LogP contribution in [0.25, 0.3) is 10.9 Å². The molecule has 0 radical (unpaired) electrons. The summed E-state index contributed by atoms with van der Waals surface area (Å²) in [6.45, 7) is 4.59. The first-order chi connectivity index (χ1) is 9.26. The van der Waals surface area contributed by atoms with E-state index in [0.717, 1.165) is 11.4 Å². The minimum atomic E-state index is 0.389. The van der Waals surface area contributed by atoms with Gasteiger partial charge in [-0.2, -0.15) is 0 Å². The van der Waals surface area contributed by atoms with E-state index in [1.807, 2.05) is 19.3 Å². The van der Waals surface area contributed by atoms with Gasteiger partial charge >= 0.3 is 0 Å². The SMILES string of the molecule is CCCC(C)CC(NC)c1cccc2cccnc12. The lowest BCUT2D eigenvalue weighted by Crippen LogP contribution is -2.19. The highest BCUT2D eigenvalue weighted by Crippen LogP contribution is 2.28. The Hall–Kier alpha value is -1.41. The van der Waals surface area contributed by atoms with Gasteiger partial charge in [-0.25, -0.2) is 0 Å². The molecule has 0 aliphatic carbocycles. The van der Waals surface area contributed by atoms with E-state index in [-0.39, 0.29) is 0 Å². The van der Waals surface area contributed by atoms with Crippen LogP contribution in [-0.2, 0) is 0 Å². The molecule has 2 unspecified atom stereocenters. The number of aromatic nitrogens is 1. The molecule has 1 heterocycles. The monoisotopic (exact) mass is 256 g/mol. The van der Waals surface area contributed by atoms with Crippen LogP contribution in [0.15, 0.2) is 36.5 Å². The number of pyridine rings is 1. The van der Waals surface area contributed by atoms with Crippen molar-refractivity contribution in [2.75, 3.05) is 7.05 Å². The molecule has 2 aromatic rings. The summed E-state index contributed by atoms with van der Waals surface area (Å²) in [6, 6.07) is 11.0. The molecule has 2 rings (SSSR count). The first-order valence-electron chi connectivity index (χ1n) is 7.27. The molecule has 19 heavy (non-hydrogen) atoms. The molecule has 1 aromatic heterocycles. The van der Waals surface area contributed by atoms with Crippen molar-refractivity contribution in [3.8, 4) is 0 Å². The third-order valence-corrected chi connectivity index (χ3v) is 3.81. The van der Waals surface area contributed by atoms with E-state index in [9.17, 15) is 0 Å². The molecule has 0 amide bonds. The minimum absolute atomic E-state index is 0.389. The maximum atomic E-state index is 4.56. The third kappa shape index (κ3) is 3.32. The molecule has 102 valence electrons. The zero-order chi connectivity index (χ0) is 13.7. The van der Waals surface area contributed by atoms with Crippen LogP contribution in [0.5, 0.6) is 0 Å². The number of para-hydroxylation sites is 1. The van der Waals surface area contributed by atoms with Crippen LogP contribution >= 0.6 is 0 Å². The van der Waals surface area contributed by atoms with Gasteiger partial charge < -0.3 is 5.32 Å². The molecule has 0 fully saturated rings. The standard InChI is InChI=1S/C17H24N2/c1-4-7-13(2)12-16(18-3)15-10-5-8-14-9-6-11-19-17(14)15/h5-6,8-11,13,16,18H,4,7,12H2,1-3H3. The van der Waals surface area contributed by atoms with Crippen molar-refractivity contribution >= 4 is 10.9 Å². The molecule has 2 nitrogen and oxygen atoms in total. The largest absolute Gasteiger partial charge is 0.313 e. The zero-order valence-electron chi connectivity index (χ0n) is 12.2. The smallest absolute Gasteiger partial charge is 0.0749 e. The van der Waals surface area contributed by atoms with Gasteiger partial charge in [0.05, 0.1) is 5.52 Å². The minimum Gasteiger partial charge on any atom is -0.313 e. The van der Waals surface area contributed by atoms with Crippen molar-refractivity contribution in [3.05, 3.63) is 42.1 Å². The van der Waals surface area contributed by atoms with Crippen molar-refractivity contribution in [1.82, 2.24) is 10.3 Å². The zero-order valence-corrected chi connectivity index (χ0v) is 12.2. The van der Waals surface area contributed by atoms with Gasteiger partial charge in [-0.3, -0.25) is 4.98 Å². The van der Waals surface area contributed by atoms with Crippen LogP contribution < -0.4 is 5.32 Å². The number of fused-ring (bicyclic) bond motifs is 1. The molecular weight excluding hydrogens is 232 g/mol. The molecule has 2 atom stereocenters. The van der Waals surface area contributed by atoms with E-state index in [1.165, 1.54) is 30.2 Å². The number of rotatable bonds is 6. The summed E-state index contributed by atoms with van der Waals surface area (Å²) in [6.07, 6.45) is 5.59. The van der Waals surface area contributed by atoms with Crippen LogP contribution in [0, 0.1) is 5.92 Å². The highest BCUT2D eigenvalue weighted by Gasteiger charge is 2.16. The summed E-state index contributed by atoms with van der Waals surface area (Å²) < 4.78 is 0. The first kappa shape index (κ1) is 14.0. The van der Waals surface area contributed by atoms with Crippen LogP contribution in [0.2, 0.25) is 0 Å². The third-order valence-electron chi connectivity index (χ3n) is 3.81. The van der Waals surface area contributed by atoms with Gasteiger partial charge in [0, 0.05) is 17.6 Å². The van der Waals surface area contributed by atoms with Crippen molar-refractivity contribution in [1.29, 1.82) is 0 Å². The Morgan fingerprint density at radius 2 is 2.00 bits per heavy atom. The summed E-state index contributed by atoms with van der Waals surface area (Å²) in [5.41, 5.74) is 2.46. The van der Waals surface area contributed by atoms with Gasteiger partial charge in [-0.05, 0) is 31.0 Å². The molecule has 0 saturated heterocycles. The predicted octanol–water partition coefficient (Wildman–Crippen LogP) is 4.32. The second kappa shape index (κ2) is 6.67. The molecule has 1 aromatic carbocycles. The molecule has 0 saturated carbocycles. The Morgan fingerprint density at radius 1 is 1.21 bits per heavy atom. The van der Waals surface area contributed by atoms with Gasteiger partial charge in [0.15, 0.2) is 0 Å². The molecule has 0 spiro atoms. The van der Waals surface area contributed by atoms with E-state index < -0.39 is 0 Å². The average Bonchev–Trinajstić information content (AvgIpc) is 2.44. The number of nitrogens with one attached hydrogen (secondary N) is 1. The number of hydrogen-bond acceptors (Lipinski definition) is 2. The van der Waals surface area contributed by atoms with Gasteiger partial charge in [0.1, 0.15) is 0 Å². The molecule has 0 aliphatic heterocycles. The van der Waals surface area contributed by atoms with Crippen molar-refractivity contribution < 1.29 is 0 Å². The fraction of sp³-hybridized carbons (Fsp3) is 0.471. The van der Waals surface area contributed by atoms with Crippen LogP contribution in [0.3, 0.4) is 0 Å². The molecule has 1 N–H and O–H groups in total. The van der Waals surface area contributed by atoms with E-state index >= 15 is 0 Å². The molecule has 0 aliphatic rings. The molecule has 0 bridgehead atoms. The van der Waals surface area contributed by atoms with Crippen molar-refractivity contribution in [3.63, 3.8) is 0 Å². The van der Waals surface area contributed by atoms with E-state index in [0.29, 0.717) is 6.04 Å². The van der Waals surface area contributed by atoms with Crippen LogP contribution in [0.4, 0.5) is 0 Å². The van der Waals surface area contributed by atoms with Gasteiger partial charge in [-0.1, -0.05) is 51.0 Å². The van der Waals surface area contributed by atoms with Crippen molar-refractivity contribution in [2.24, 2.45) is 5.92 Å². The highest BCUT2D eigenvalue weighted by molar-refractivity contribution is 5.81. The van der Waals surface area contributed by atoms with Gasteiger partial charge in [0.2, 0.25) is 0 Å². The summed E-state index contributed by atoms with van der Waals surface area (Å²) >= 11 is 0. The summed E-state index contributed by atoms with van der Waals surface area (Å²) in [4.78, 5) is 4.56. The van der Waals surface area contributed by atoms with E-state index in [1.54, 1.807) is 0 Å². The Morgan fingerprint density at radius 3 is 2.74 bits per heavy atom. The first-order valence-corrected chi connectivity index (χ1v) is 7.27. The van der Waals surface area contributed by atoms with E-state index in [2.05, 4.69) is 48.4 Å². The van der Waals surface area contributed by atoms with Gasteiger partial charge in [-0.15, -0.1) is 0 Å². The van der Waals surface area contributed by atoms with Crippen molar-refractivity contribution in [2.45, 2.75) is 39.2 Å². The lowest BCUT2D eigenvalue weighted by atomic mass is 9.92. The summed E-state index contributed by atoms with van der Waals surface area (Å²) in [5.74, 6) is 0.737. The van der Waals surface area contributed by atoms with Crippen LogP contribution in [0.1, 0.15) is 44.7 Å². The quantitative estimate of drug-likeness (QED) is 0.832. The Balaban J connectivity index is 2.30. The molecule has 2 heteroatoms. The Bertz CT molecular complexity index is 516. The number of benzene rings is 1. The lowest BCUT2D eigenvalue weighted by Gasteiger charge is -2.21. The fourth-order valence-electron chi connectivity index (χ4n) is 2.82. The summed E-state index contributed by atoms with van der Waals surface area (Å²) in [7, 11) is 2.05. The lowest BCUT2D eigenvalue weighted by molar-refractivity contribution is 0.408. The van der Waals surface area contributed by atoms with Crippen LogP contribution in [-0.4, -0.2) is 12.0 Å². The highest BCUT2D eigenvalue weighted by atomic mass is 14.9. The summed E-state index contributed by atoms with van der Waals surface area (Å²) in [5, 5.41) is 4.69. The Labute approximate surface area is 116 Å². The van der Waals surface area contributed by atoms with E-state index in [4.69, 9.17) is 0 Å². The molecular formula is C17H24N2. The predicted molar refractivity (Wildman–Crippen MR) is 82.2 cm³/mol. The second-order valence-corrected chi connectivity index (χ2v) is 5.39. The maximum Gasteiger partial charge on any atom is 0.0749 e. The van der Waals surface area contributed by atoms with Gasteiger partial charge in [0.25, 0.3) is 0 Å². The number of hydrogen-bond donors (Lipinski definition) is 1. The topological polar surface area (TPSA) is 24.9 Å². The normalized spacial score (nSPS) is 14.5.